The molecular weight excluding hydrogens is 265 g/mol. The minimum atomic E-state index is -4.64. The zero-order chi connectivity index (χ0) is 14.3. The monoisotopic (exact) mass is 280 g/mol. The Hall–Kier alpha value is -1.31. The number of carbonyl (C=O) groups excluding carboxylic acids is 1. The van der Waals surface area contributed by atoms with E-state index in [0.717, 1.165) is 0 Å². The highest BCUT2D eigenvalue weighted by atomic mass is 19.4. The molecule has 1 aliphatic heterocycles. The van der Waals surface area contributed by atoms with Crippen LogP contribution in [0.25, 0.3) is 0 Å². The van der Waals surface area contributed by atoms with Crippen LogP contribution in [0.3, 0.4) is 0 Å². The minimum Gasteiger partial charge on any atom is -0.481 e. The van der Waals surface area contributed by atoms with Crippen molar-refractivity contribution in [1.82, 2.24) is 10.6 Å². The number of rotatable bonds is 4. The quantitative estimate of drug-likeness (QED) is 0.701. The second kappa shape index (κ2) is 4.36. The maximum atomic E-state index is 13.0. The summed E-state index contributed by atoms with van der Waals surface area (Å²) in [5.74, 6) is -2.20. The van der Waals surface area contributed by atoms with E-state index in [9.17, 15) is 22.8 Å². The van der Waals surface area contributed by atoms with Gasteiger partial charge in [0.05, 0.1) is 5.41 Å². The molecule has 1 aliphatic carbocycles. The predicted molar refractivity (Wildman–Crippen MR) is 58.3 cm³/mol. The van der Waals surface area contributed by atoms with E-state index in [2.05, 4.69) is 10.6 Å². The van der Waals surface area contributed by atoms with Crippen molar-refractivity contribution in [2.45, 2.75) is 25.4 Å². The predicted octanol–water partition coefficient (Wildman–Crippen LogP) is 0.509. The van der Waals surface area contributed by atoms with Gasteiger partial charge >= 0.3 is 12.1 Å². The van der Waals surface area contributed by atoms with Crippen LogP contribution in [-0.4, -0.2) is 42.8 Å². The zero-order valence-corrected chi connectivity index (χ0v) is 10.1. The lowest BCUT2D eigenvalue weighted by Gasteiger charge is -2.29. The summed E-state index contributed by atoms with van der Waals surface area (Å²) in [4.78, 5) is 22.8. The molecular formula is C11H15F3N2O3. The highest BCUT2D eigenvalue weighted by Gasteiger charge is 2.62. The van der Waals surface area contributed by atoms with E-state index < -0.39 is 35.4 Å². The number of alkyl halides is 3. The molecule has 3 N–H and O–H groups in total. The number of carbonyl (C=O) groups is 2. The Kier molecular flexibility index (Phi) is 3.24. The third kappa shape index (κ3) is 2.29. The summed E-state index contributed by atoms with van der Waals surface area (Å²) in [6.45, 7) is -0.571. The summed E-state index contributed by atoms with van der Waals surface area (Å²) in [5, 5.41) is 13.6. The van der Waals surface area contributed by atoms with Crippen LogP contribution in [0.5, 0.6) is 0 Å². The van der Waals surface area contributed by atoms with Gasteiger partial charge < -0.3 is 15.7 Å². The Morgan fingerprint density at radius 3 is 2.26 bits per heavy atom. The Morgan fingerprint density at radius 2 is 1.89 bits per heavy atom. The van der Waals surface area contributed by atoms with E-state index in [-0.39, 0.29) is 19.5 Å². The molecule has 1 saturated carbocycles. The second-order valence-corrected chi connectivity index (χ2v) is 5.27. The first kappa shape index (κ1) is 14.1. The smallest absolute Gasteiger partial charge is 0.404 e. The van der Waals surface area contributed by atoms with Crippen molar-refractivity contribution in [2.75, 3.05) is 19.6 Å². The van der Waals surface area contributed by atoms with Gasteiger partial charge in [0.1, 0.15) is 0 Å². The van der Waals surface area contributed by atoms with Crippen LogP contribution in [-0.2, 0) is 9.59 Å². The SMILES string of the molecule is O=C(O)C1(CNC(=O)C2(C(F)(F)F)CCNC2)CC1. The maximum absolute atomic E-state index is 13.0. The van der Waals surface area contributed by atoms with Gasteiger partial charge in [-0.1, -0.05) is 0 Å². The normalized spacial score (nSPS) is 29.0. The van der Waals surface area contributed by atoms with Crippen molar-refractivity contribution >= 4 is 11.9 Å². The van der Waals surface area contributed by atoms with Crippen LogP contribution in [0, 0.1) is 10.8 Å². The lowest BCUT2D eigenvalue weighted by atomic mass is 9.85. The van der Waals surface area contributed by atoms with Crippen molar-refractivity contribution in [3.8, 4) is 0 Å². The summed E-state index contributed by atoms with van der Waals surface area (Å²) in [6.07, 6.45) is -4.18. The number of nitrogens with one attached hydrogen (secondary N) is 2. The van der Waals surface area contributed by atoms with Crippen LogP contribution in [0.1, 0.15) is 19.3 Å². The third-order valence-electron chi connectivity index (χ3n) is 4.03. The highest BCUT2D eigenvalue weighted by Crippen LogP contribution is 2.46. The first-order valence-electron chi connectivity index (χ1n) is 6.03. The van der Waals surface area contributed by atoms with Crippen molar-refractivity contribution in [1.29, 1.82) is 0 Å². The van der Waals surface area contributed by atoms with Crippen LogP contribution in [0.4, 0.5) is 13.2 Å². The van der Waals surface area contributed by atoms with Crippen molar-refractivity contribution in [3.05, 3.63) is 0 Å². The Bertz CT molecular complexity index is 398. The second-order valence-electron chi connectivity index (χ2n) is 5.27. The number of hydrogen-bond donors (Lipinski definition) is 3. The molecule has 1 saturated heterocycles. The average molecular weight is 280 g/mol. The van der Waals surface area contributed by atoms with Gasteiger partial charge in [0.15, 0.2) is 5.41 Å². The Morgan fingerprint density at radius 1 is 1.26 bits per heavy atom. The number of halogens is 3. The van der Waals surface area contributed by atoms with Crippen LogP contribution >= 0.6 is 0 Å². The molecule has 1 heterocycles. The molecule has 0 spiro atoms. The molecule has 8 heteroatoms. The fraction of sp³-hybridized carbons (Fsp3) is 0.818. The van der Waals surface area contributed by atoms with E-state index in [1.54, 1.807) is 0 Å². The standard InChI is InChI=1S/C11H15F3N2O3/c12-11(13,14)10(3-4-15-6-10)7(17)16-5-9(1-2-9)8(18)19/h15H,1-6H2,(H,16,17)(H,18,19). The Balaban J connectivity index is 2.04. The molecule has 0 aromatic heterocycles. The summed E-state index contributed by atoms with van der Waals surface area (Å²) < 4.78 is 39.1. The van der Waals surface area contributed by atoms with Gasteiger partial charge in [-0.3, -0.25) is 9.59 Å². The lowest BCUT2D eigenvalue weighted by molar-refractivity contribution is -0.216. The molecule has 2 aliphatic rings. The van der Waals surface area contributed by atoms with Crippen LogP contribution in [0.2, 0.25) is 0 Å². The van der Waals surface area contributed by atoms with Gasteiger partial charge in [-0.2, -0.15) is 13.2 Å². The molecule has 1 amide bonds. The van der Waals surface area contributed by atoms with Gasteiger partial charge in [0, 0.05) is 13.1 Å². The molecule has 5 nitrogen and oxygen atoms in total. The number of hydrogen-bond acceptors (Lipinski definition) is 3. The molecule has 0 aromatic rings. The van der Waals surface area contributed by atoms with E-state index >= 15 is 0 Å². The summed E-state index contributed by atoms with van der Waals surface area (Å²) in [5.41, 5.74) is -3.49. The number of aliphatic carboxylic acids is 1. The molecule has 0 bridgehead atoms. The van der Waals surface area contributed by atoms with Crippen molar-refractivity contribution in [2.24, 2.45) is 10.8 Å². The van der Waals surface area contributed by atoms with E-state index in [0.29, 0.717) is 12.8 Å². The summed E-state index contributed by atoms with van der Waals surface area (Å²) in [6, 6.07) is 0. The third-order valence-corrected chi connectivity index (χ3v) is 4.03. The number of carboxylic acids is 1. The van der Waals surface area contributed by atoms with Gasteiger partial charge in [-0.05, 0) is 25.8 Å². The molecule has 0 radical (unpaired) electrons. The lowest BCUT2D eigenvalue weighted by Crippen LogP contribution is -2.53. The molecule has 1 atom stereocenters. The Labute approximate surface area is 107 Å². The summed E-state index contributed by atoms with van der Waals surface area (Å²) in [7, 11) is 0. The molecule has 19 heavy (non-hydrogen) atoms. The summed E-state index contributed by atoms with van der Waals surface area (Å²) >= 11 is 0. The zero-order valence-electron chi connectivity index (χ0n) is 10.1. The number of carboxylic acid groups (broad SMARTS) is 1. The largest absolute Gasteiger partial charge is 0.481 e. The molecule has 2 fully saturated rings. The molecule has 1 unspecified atom stereocenters. The molecule has 0 aromatic carbocycles. The molecule has 108 valence electrons. The van der Waals surface area contributed by atoms with Crippen molar-refractivity contribution in [3.63, 3.8) is 0 Å². The van der Waals surface area contributed by atoms with Crippen LogP contribution in [0.15, 0.2) is 0 Å². The minimum absolute atomic E-state index is 0.122. The first-order chi connectivity index (χ1) is 8.74. The first-order valence-corrected chi connectivity index (χ1v) is 6.03. The van der Waals surface area contributed by atoms with E-state index in [1.807, 2.05) is 0 Å². The van der Waals surface area contributed by atoms with E-state index in [4.69, 9.17) is 5.11 Å². The van der Waals surface area contributed by atoms with Gasteiger partial charge in [-0.25, -0.2) is 0 Å². The maximum Gasteiger partial charge on any atom is 0.404 e. The van der Waals surface area contributed by atoms with E-state index in [1.165, 1.54) is 0 Å². The highest BCUT2D eigenvalue weighted by molar-refractivity contribution is 5.85. The van der Waals surface area contributed by atoms with Gasteiger partial charge in [0.2, 0.25) is 5.91 Å². The fourth-order valence-electron chi connectivity index (χ4n) is 2.29. The fourth-order valence-corrected chi connectivity index (χ4v) is 2.29. The van der Waals surface area contributed by atoms with Crippen molar-refractivity contribution < 1.29 is 27.9 Å². The van der Waals surface area contributed by atoms with Gasteiger partial charge in [-0.15, -0.1) is 0 Å². The average Bonchev–Trinajstić information content (AvgIpc) is 2.92. The van der Waals surface area contributed by atoms with Gasteiger partial charge in [0.25, 0.3) is 0 Å². The number of amides is 1. The van der Waals surface area contributed by atoms with Crippen LogP contribution < -0.4 is 10.6 Å². The topological polar surface area (TPSA) is 78.4 Å². The molecule has 2 rings (SSSR count).